The van der Waals surface area contributed by atoms with Gasteiger partial charge in [-0.05, 0) is 55.6 Å². The van der Waals surface area contributed by atoms with Crippen LogP contribution in [-0.2, 0) is 16.7 Å². The number of nitrogens with zero attached hydrogens (tertiary/aromatic N) is 1. The molecule has 0 radical (unpaired) electrons. The summed E-state index contributed by atoms with van der Waals surface area (Å²) in [4.78, 5) is 14.4. The molecule has 1 aromatic carbocycles. The van der Waals surface area contributed by atoms with Gasteiger partial charge in [0.1, 0.15) is 6.10 Å². The Hall–Kier alpha value is -1.51. The van der Waals surface area contributed by atoms with E-state index >= 15 is 0 Å². The van der Waals surface area contributed by atoms with Crippen molar-refractivity contribution in [2.75, 3.05) is 6.54 Å². The third kappa shape index (κ3) is 3.13. The molecule has 0 atom stereocenters. The second-order valence-corrected chi connectivity index (χ2v) is 7.51. The second-order valence-electron chi connectivity index (χ2n) is 7.51. The number of aryl methyl sites for hydroxylation is 1. The lowest BCUT2D eigenvalue weighted by Crippen LogP contribution is -2.34. The van der Waals surface area contributed by atoms with Crippen molar-refractivity contribution in [3.8, 4) is 0 Å². The topological polar surface area (TPSA) is 29.5 Å². The summed E-state index contributed by atoms with van der Waals surface area (Å²) in [6, 6.07) is 6.63. The average molecular weight is 301 g/mol. The minimum atomic E-state index is -0.128. The molecule has 1 saturated carbocycles. The fourth-order valence-electron chi connectivity index (χ4n) is 3.73. The van der Waals surface area contributed by atoms with E-state index < -0.39 is 0 Å². The molecule has 3 nitrogen and oxygen atoms in total. The van der Waals surface area contributed by atoms with E-state index in [-0.39, 0.29) is 17.6 Å². The summed E-state index contributed by atoms with van der Waals surface area (Å²) in [5.41, 5.74) is 3.99. The molecule has 3 heteroatoms. The smallest absolute Gasteiger partial charge is 0.410 e. The standard InChI is InChI=1S/C19H27NO2/c1-14-8-9-17-15(12-14)13-20(11-10-19(17,2)3)18(21)22-16-6-4-5-7-16/h8-9,12,16H,4-7,10-11,13H2,1-3H3. The number of carbonyl (C=O) groups excluding carboxylic acids is 1. The predicted octanol–water partition coefficient (Wildman–Crippen LogP) is 4.56. The molecule has 0 bridgehead atoms. The lowest BCUT2D eigenvalue weighted by Gasteiger charge is -2.25. The molecular formula is C19H27NO2. The molecule has 1 aliphatic carbocycles. The number of rotatable bonds is 1. The first kappa shape index (κ1) is 15.4. The SMILES string of the molecule is Cc1ccc2c(c1)CN(C(=O)OC1CCCC1)CCC2(C)C. The lowest BCUT2D eigenvalue weighted by atomic mass is 9.79. The highest BCUT2D eigenvalue weighted by molar-refractivity contribution is 5.68. The third-order valence-electron chi connectivity index (χ3n) is 5.19. The quantitative estimate of drug-likeness (QED) is 0.761. The van der Waals surface area contributed by atoms with Crippen molar-refractivity contribution < 1.29 is 9.53 Å². The molecule has 120 valence electrons. The molecule has 1 aromatic rings. The Kier molecular flexibility index (Phi) is 4.16. The van der Waals surface area contributed by atoms with E-state index in [1.807, 2.05) is 4.90 Å². The molecule has 2 aliphatic rings. The minimum absolute atomic E-state index is 0.103. The van der Waals surface area contributed by atoms with E-state index in [9.17, 15) is 4.79 Å². The molecule has 1 heterocycles. The molecule has 0 saturated heterocycles. The lowest BCUT2D eigenvalue weighted by molar-refractivity contribution is 0.0628. The van der Waals surface area contributed by atoms with Crippen molar-refractivity contribution in [2.24, 2.45) is 0 Å². The fourth-order valence-corrected chi connectivity index (χ4v) is 3.73. The molecular weight excluding hydrogens is 274 g/mol. The van der Waals surface area contributed by atoms with Gasteiger partial charge in [0.05, 0.1) is 0 Å². The van der Waals surface area contributed by atoms with Gasteiger partial charge in [0.2, 0.25) is 0 Å². The Labute approximate surface area is 133 Å². The van der Waals surface area contributed by atoms with Gasteiger partial charge >= 0.3 is 6.09 Å². The van der Waals surface area contributed by atoms with Crippen LogP contribution in [0, 0.1) is 6.92 Å². The summed E-state index contributed by atoms with van der Waals surface area (Å²) in [5.74, 6) is 0. The summed E-state index contributed by atoms with van der Waals surface area (Å²) >= 11 is 0. The summed E-state index contributed by atoms with van der Waals surface area (Å²) in [5, 5.41) is 0. The van der Waals surface area contributed by atoms with E-state index in [2.05, 4.69) is 39.0 Å². The van der Waals surface area contributed by atoms with Gasteiger partial charge in [0.25, 0.3) is 0 Å². The molecule has 1 amide bonds. The van der Waals surface area contributed by atoms with Gasteiger partial charge in [-0.15, -0.1) is 0 Å². The van der Waals surface area contributed by atoms with Crippen molar-refractivity contribution >= 4 is 6.09 Å². The van der Waals surface area contributed by atoms with Gasteiger partial charge in [-0.25, -0.2) is 4.79 Å². The third-order valence-corrected chi connectivity index (χ3v) is 5.19. The Bertz CT molecular complexity index is 559. The van der Waals surface area contributed by atoms with Crippen molar-refractivity contribution in [3.05, 3.63) is 34.9 Å². The number of ether oxygens (including phenoxy) is 1. The molecule has 0 spiro atoms. The van der Waals surface area contributed by atoms with E-state index in [1.54, 1.807) is 0 Å². The number of benzene rings is 1. The molecule has 3 rings (SSSR count). The van der Waals surface area contributed by atoms with Crippen LogP contribution in [0.25, 0.3) is 0 Å². The first-order chi connectivity index (χ1) is 10.5. The van der Waals surface area contributed by atoms with Crippen LogP contribution in [-0.4, -0.2) is 23.6 Å². The highest BCUT2D eigenvalue weighted by Crippen LogP contribution is 2.34. The zero-order valence-corrected chi connectivity index (χ0v) is 14.0. The number of hydrogen-bond donors (Lipinski definition) is 0. The van der Waals surface area contributed by atoms with Crippen LogP contribution >= 0.6 is 0 Å². The second kappa shape index (κ2) is 5.94. The maximum atomic E-state index is 12.5. The van der Waals surface area contributed by atoms with E-state index in [1.165, 1.54) is 29.5 Å². The monoisotopic (exact) mass is 301 g/mol. The Balaban J connectivity index is 1.79. The maximum absolute atomic E-state index is 12.5. The Morgan fingerprint density at radius 1 is 1.27 bits per heavy atom. The van der Waals surface area contributed by atoms with Crippen molar-refractivity contribution in [3.63, 3.8) is 0 Å². The predicted molar refractivity (Wildman–Crippen MR) is 88.0 cm³/mol. The van der Waals surface area contributed by atoms with Gasteiger partial charge in [-0.2, -0.15) is 0 Å². The molecule has 1 fully saturated rings. The van der Waals surface area contributed by atoms with Gasteiger partial charge < -0.3 is 9.64 Å². The fraction of sp³-hybridized carbons (Fsp3) is 0.632. The van der Waals surface area contributed by atoms with Gasteiger partial charge in [0.15, 0.2) is 0 Å². The Morgan fingerprint density at radius 2 is 2.00 bits per heavy atom. The summed E-state index contributed by atoms with van der Waals surface area (Å²) in [7, 11) is 0. The van der Waals surface area contributed by atoms with Crippen LogP contribution in [0.1, 0.15) is 62.6 Å². The number of amides is 1. The number of fused-ring (bicyclic) bond motifs is 1. The van der Waals surface area contributed by atoms with E-state index in [0.29, 0.717) is 6.54 Å². The summed E-state index contributed by atoms with van der Waals surface area (Å²) in [6.07, 6.45) is 5.42. The molecule has 0 N–H and O–H groups in total. The van der Waals surface area contributed by atoms with Gasteiger partial charge in [-0.3, -0.25) is 0 Å². The van der Waals surface area contributed by atoms with Crippen molar-refractivity contribution in [2.45, 2.75) is 70.9 Å². The highest BCUT2D eigenvalue weighted by Gasteiger charge is 2.31. The molecule has 1 aliphatic heterocycles. The van der Waals surface area contributed by atoms with Crippen molar-refractivity contribution in [1.29, 1.82) is 0 Å². The molecule has 0 aromatic heterocycles. The molecule has 22 heavy (non-hydrogen) atoms. The normalized spacial score (nSPS) is 21.3. The van der Waals surface area contributed by atoms with Crippen LogP contribution in [0.5, 0.6) is 0 Å². The van der Waals surface area contributed by atoms with Crippen LogP contribution in [0.4, 0.5) is 4.79 Å². The first-order valence-corrected chi connectivity index (χ1v) is 8.51. The maximum Gasteiger partial charge on any atom is 0.410 e. The van der Waals surface area contributed by atoms with Gasteiger partial charge in [0, 0.05) is 13.1 Å². The van der Waals surface area contributed by atoms with Crippen LogP contribution in [0.15, 0.2) is 18.2 Å². The van der Waals surface area contributed by atoms with Crippen LogP contribution in [0.2, 0.25) is 0 Å². The number of hydrogen-bond acceptors (Lipinski definition) is 2. The van der Waals surface area contributed by atoms with E-state index in [0.717, 1.165) is 25.8 Å². The largest absolute Gasteiger partial charge is 0.446 e. The number of carbonyl (C=O) groups is 1. The van der Waals surface area contributed by atoms with Crippen molar-refractivity contribution in [1.82, 2.24) is 4.90 Å². The zero-order chi connectivity index (χ0) is 15.7. The minimum Gasteiger partial charge on any atom is -0.446 e. The van der Waals surface area contributed by atoms with Gasteiger partial charge in [-0.1, -0.05) is 37.6 Å². The highest BCUT2D eigenvalue weighted by atomic mass is 16.6. The van der Waals surface area contributed by atoms with Crippen LogP contribution < -0.4 is 0 Å². The summed E-state index contributed by atoms with van der Waals surface area (Å²) in [6.45, 7) is 8.09. The Morgan fingerprint density at radius 3 is 2.73 bits per heavy atom. The average Bonchev–Trinajstić information content (AvgIpc) is 2.91. The molecule has 0 unspecified atom stereocenters. The zero-order valence-electron chi connectivity index (χ0n) is 14.0. The van der Waals surface area contributed by atoms with Crippen LogP contribution in [0.3, 0.4) is 0 Å². The first-order valence-electron chi connectivity index (χ1n) is 8.51. The summed E-state index contributed by atoms with van der Waals surface area (Å²) < 4.78 is 5.71. The van der Waals surface area contributed by atoms with E-state index in [4.69, 9.17) is 4.74 Å².